The molecule has 1 fully saturated rings. The molecule has 136 valence electrons. The molecule has 0 aliphatic carbocycles. The fourth-order valence-electron chi connectivity index (χ4n) is 2.82. The number of hydrogen-bond acceptors (Lipinski definition) is 5. The number of halogens is 1. The Kier molecular flexibility index (Phi) is 5.78. The van der Waals surface area contributed by atoms with Crippen molar-refractivity contribution in [3.63, 3.8) is 0 Å². The smallest absolute Gasteiger partial charge is 0.310 e. The van der Waals surface area contributed by atoms with Crippen LogP contribution in [-0.2, 0) is 20.7 Å². The van der Waals surface area contributed by atoms with Crippen LogP contribution in [0.3, 0.4) is 0 Å². The summed E-state index contributed by atoms with van der Waals surface area (Å²) in [6.07, 6.45) is 1.68. The Morgan fingerprint density at radius 2 is 1.88 bits per heavy atom. The Hall–Kier alpha value is -2.96. The van der Waals surface area contributed by atoms with Crippen molar-refractivity contribution >= 4 is 17.7 Å². The van der Waals surface area contributed by atoms with Gasteiger partial charge in [0.25, 0.3) is 5.91 Å². The normalized spacial score (nSPS) is 14.2. The number of nitrogens with zero attached hydrogens (tertiary/aromatic N) is 3. The summed E-state index contributed by atoms with van der Waals surface area (Å²) in [5, 5.41) is 0. The lowest BCUT2D eigenvalue weighted by Gasteiger charge is -2.35. The lowest BCUT2D eigenvalue weighted by Crippen LogP contribution is -2.50. The van der Waals surface area contributed by atoms with Gasteiger partial charge in [-0.3, -0.25) is 9.59 Å². The molecule has 6 nitrogen and oxygen atoms in total. The van der Waals surface area contributed by atoms with Crippen LogP contribution < -0.4 is 4.90 Å². The van der Waals surface area contributed by atoms with Gasteiger partial charge in [-0.15, -0.1) is 0 Å². The average molecular weight is 357 g/mol. The number of benzene rings is 1. The van der Waals surface area contributed by atoms with Crippen LogP contribution in [0.4, 0.5) is 10.2 Å². The minimum Gasteiger partial charge on any atom is -0.455 e. The molecule has 7 heteroatoms. The Morgan fingerprint density at radius 3 is 2.58 bits per heavy atom. The van der Waals surface area contributed by atoms with Gasteiger partial charge in [0.1, 0.15) is 11.6 Å². The standard InChI is InChI=1S/C19H20FN3O3/c20-16-5-3-4-15(12-16)13-19(25)26-14-18(24)23-10-8-22(9-11-23)17-6-1-2-7-21-17/h1-7,12H,8-11,13-14H2. The number of esters is 1. The van der Waals surface area contributed by atoms with Crippen LogP contribution in [0, 0.1) is 5.82 Å². The second kappa shape index (κ2) is 8.42. The Labute approximate surface area is 151 Å². The summed E-state index contributed by atoms with van der Waals surface area (Å²) in [5.74, 6) is -0.285. The fourth-order valence-corrected chi connectivity index (χ4v) is 2.82. The number of piperazine rings is 1. The van der Waals surface area contributed by atoms with Gasteiger partial charge in [-0.25, -0.2) is 9.37 Å². The maximum absolute atomic E-state index is 13.1. The number of anilines is 1. The van der Waals surface area contributed by atoms with E-state index in [1.165, 1.54) is 18.2 Å². The molecule has 2 aromatic rings. The van der Waals surface area contributed by atoms with Crippen molar-refractivity contribution in [1.82, 2.24) is 9.88 Å². The Bertz CT molecular complexity index is 762. The van der Waals surface area contributed by atoms with E-state index in [1.54, 1.807) is 17.2 Å². The minimum absolute atomic E-state index is 0.0570. The zero-order valence-corrected chi connectivity index (χ0v) is 14.3. The quantitative estimate of drug-likeness (QED) is 0.762. The molecule has 1 saturated heterocycles. The average Bonchev–Trinajstić information content (AvgIpc) is 2.67. The van der Waals surface area contributed by atoms with Gasteiger partial charge in [-0.2, -0.15) is 0 Å². The largest absolute Gasteiger partial charge is 0.455 e. The molecule has 2 heterocycles. The zero-order chi connectivity index (χ0) is 18.4. The molecule has 0 bridgehead atoms. The minimum atomic E-state index is -0.545. The third-order valence-corrected chi connectivity index (χ3v) is 4.20. The summed E-state index contributed by atoms with van der Waals surface area (Å²) < 4.78 is 18.1. The van der Waals surface area contributed by atoms with Crippen molar-refractivity contribution in [2.45, 2.75) is 6.42 Å². The van der Waals surface area contributed by atoms with Gasteiger partial charge < -0.3 is 14.5 Å². The highest BCUT2D eigenvalue weighted by Crippen LogP contribution is 2.12. The van der Waals surface area contributed by atoms with Crippen molar-refractivity contribution in [3.8, 4) is 0 Å². The first kappa shape index (κ1) is 17.8. The number of rotatable bonds is 5. The molecule has 1 aromatic carbocycles. The summed E-state index contributed by atoms with van der Waals surface area (Å²) in [4.78, 5) is 32.1. The zero-order valence-electron chi connectivity index (χ0n) is 14.3. The molecule has 26 heavy (non-hydrogen) atoms. The molecule has 0 N–H and O–H groups in total. The monoisotopic (exact) mass is 357 g/mol. The van der Waals surface area contributed by atoms with Crippen LogP contribution in [-0.4, -0.2) is 54.5 Å². The fraction of sp³-hybridized carbons (Fsp3) is 0.316. The van der Waals surface area contributed by atoms with E-state index < -0.39 is 11.8 Å². The molecule has 1 aliphatic rings. The van der Waals surface area contributed by atoms with Crippen molar-refractivity contribution in [2.24, 2.45) is 0 Å². The summed E-state index contributed by atoms with van der Waals surface area (Å²) in [5.41, 5.74) is 0.520. The predicted molar refractivity (Wildman–Crippen MR) is 94.1 cm³/mol. The molecule has 0 spiro atoms. The van der Waals surface area contributed by atoms with Crippen molar-refractivity contribution in [2.75, 3.05) is 37.7 Å². The van der Waals surface area contributed by atoms with Crippen LogP contribution >= 0.6 is 0 Å². The molecule has 3 rings (SSSR count). The van der Waals surface area contributed by atoms with Gasteiger partial charge in [0.2, 0.25) is 0 Å². The number of carbonyl (C=O) groups is 2. The van der Waals surface area contributed by atoms with E-state index in [-0.39, 0.29) is 18.9 Å². The number of ether oxygens (including phenoxy) is 1. The van der Waals surface area contributed by atoms with E-state index in [2.05, 4.69) is 9.88 Å². The number of aromatic nitrogens is 1. The number of amides is 1. The third-order valence-electron chi connectivity index (χ3n) is 4.20. The molecule has 1 aromatic heterocycles. The SMILES string of the molecule is O=C(Cc1cccc(F)c1)OCC(=O)N1CCN(c2ccccn2)CC1. The van der Waals surface area contributed by atoms with E-state index in [1.807, 2.05) is 18.2 Å². The molecule has 0 radical (unpaired) electrons. The highest BCUT2D eigenvalue weighted by atomic mass is 19.1. The lowest BCUT2D eigenvalue weighted by atomic mass is 10.1. The molecule has 0 unspecified atom stereocenters. The predicted octanol–water partition coefficient (Wildman–Crippen LogP) is 1.66. The van der Waals surface area contributed by atoms with E-state index >= 15 is 0 Å². The maximum Gasteiger partial charge on any atom is 0.310 e. The van der Waals surface area contributed by atoms with Gasteiger partial charge in [0.05, 0.1) is 6.42 Å². The number of hydrogen-bond donors (Lipinski definition) is 0. The molecular formula is C19H20FN3O3. The summed E-state index contributed by atoms with van der Waals surface area (Å²) in [6.45, 7) is 2.17. The lowest BCUT2D eigenvalue weighted by molar-refractivity contribution is -0.151. The molecule has 0 atom stereocenters. The summed E-state index contributed by atoms with van der Waals surface area (Å²) in [6, 6.07) is 11.5. The summed E-state index contributed by atoms with van der Waals surface area (Å²) in [7, 11) is 0. The van der Waals surface area contributed by atoms with Crippen molar-refractivity contribution in [3.05, 3.63) is 60.0 Å². The van der Waals surface area contributed by atoms with Gasteiger partial charge in [0, 0.05) is 32.4 Å². The molecule has 1 amide bonds. The van der Waals surface area contributed by atoms with Crippen LogP contribution in [0.5, 0.6) is 0 Å². The highest BCUT2D eigenvalue weighted by Gasteiger charge is 2.22. The van der Waals surface area contributed by atoms with Crippen molar-refractivity contribution < 1.29 is 18.7 Å². The number of carbonyl (C=O) groups excluding carboxylic acids is 2. The highest BCUT2D eigenvalue weighted by molar-refractivity contribution is 5.81. The third kappa shape index (κ3) is 4.78. The summed E-state index contributed by atoms with van der Waals surface area (Å²) >= 11 is 0. The first-order valence-electron chi connectivity index (χ1n) is 8.45. The van der Waals surface area contributed by atoms with Crippen LogP contribution in [0.2, 0.25) is 0 Å². The maximum atomic E-state index is 13.1. The second-order valence-electron chi connectivity index (χ2n) is 6.02. The second-order valence-corrected chi connectivity index (χ2v) is 6.02. The van der Waals surface area contributed by atoms with E-state index in [0.717, 1.165) is 5.82 Å². The first-order valence-corrected chi connectivity index (χ1v) is 8.45. The van der Waals surface area contributed by atoms with Crippen LogP contribution in [0.25, 0.3) is 0 Å². The molecule has 0 saturated carbocycles. The number of pyridine rings is 1. The van der Waals surface area contributed by atoms with Crippen LogP contribution in [0.15, 0.2) is 48.7 Å². The Balaban J connectivity index is 1.42. The first-order chi connectivity index (χ1) is 12.6. The van der Waals surface area contributed by atoms with Gasteiger partial charge in [-0.05, 0) is 29.8 Å². The van der Waals surface area contributed by atoms with Crippen molar-refractivity contribution in [1.29, 1.82) is 0 Å². The van der Waals surface area contributed by atoms with Gasteiger partial charge in [0.15, 0.2) is 6.61 Å². The van der Waals surface area contributed by atoms with E-state index in [0.29, 0.717) is 31.7 Å². The molecular weight excluding hydrogens is 337 g/mol. The van der Waals surface area contributed by atoms with Gasteiger partial charge in [-0.1, -0.05) is 18.2 Å². The van der Waals surface area contributed by atoms with Crippen LogP contribution in [0.1, 0.15) is 5.56 Å². The van der Waals surface area contributed by atoms with Gasteiger partial charge >= 0.3 is 5.97 Å². The Morgan fingerprint density at radius 1 is 1.08 bits per heavy atom. The van der Waals surface area contributed by atoms with E-state index in [9.17, 15) is 14.0 Å². The topological polar surface area (TPSA) is 62.7 Å². The van der Waals surface area contributed by atoms with E-state index in [4.69, 9.17) is 4.74 Å². The molecule has 1 aliphatic heterocycles.